The number of halogens is 3. The highest BCUT2D eigenvalue weighted by atomic mass is 79.9. The Morgan fingerprint density at radius 3 is 2.65 bits per heavy atom. The second kappa shape index (κ2) is 6.55. The summed E-state index contributed by atoms with van der Waals surface area (Å²) in [6.45, 7) is 4.81. The molecule has 0 aliphatic rings. The molecular formula is C11H14Br2ClNOS. The smallest absolute Gasteiger partial charge is 0.253 e. The lowest BCUT2D eigenvalue weighted by atomic mass is 9.90. The Kier molecular flexibility index (Phi) is 5.96. The van der Waals surface area contributed by atoms with Crippen LogP contribution in [0.4, 0.5) is 0 Å². The van der Waals surface area contributed by atoms with E-state index in [9.17, 15) is 4.79 Å². The molecule has 0 aromatic carbocycles. The van der Waals surface area contributed by atoms with Gasteiger partial charge in [-0.05, 0) is 49.8 Å². The van der Waals surface area contributed by atoms with Gasteiger partial charge in [-0.15, -0.1) is 22.9 Å². The van der Waals surface area contributed by atoms with Gasteiger partial charge in [0.15, 0.2) is 0 Å². The van der Waals surface area contributed by atoms with Crippen LogP contribution in [0.5, 0.6) is 0 Å². The maximum Gasteiger partial charge on any atom is 0.253 e. The number of carbonyl (C=O) groups is 1. The Labute approximate surface area is 127 Å². The molecule has 0 aliphatic heterocycles. The van der Waals surface area contributed by atoms with Crippen molar-refractivity contribution in [1.29, 1.82) is 0 Å². The summed E-state index contributed by atoms with van der Waals surface area (Å²) in [6, 6.07) is 1.82. The largest absolute Gasteiger partial charge is 0.351 e. The van der Waals surface area contributed by atoms with Gasteiger partial charge in [0, 0.05) is 12.4 Å². The second-order valence-electron chi connectivity index (χ2n) is 4.52. The van der Waals surface area contributed by atoms with Crippen molar-refractivity contribution in [3.8, 4) is 0 Å². The van der Waals surface area contributed by atoms with E-state index in [1.165, 1.54) is 11.3 Å². The second-order valence-corrected chi connectivity index (χ2v) is 8.65. The summed E-state index contributed by atoms with van der Waals surface area (Å²) in [7, 11) is 0. The fourth-order valence-corrected chi connectivity index (χ4v) is 4.56. The molecule has 0 fully saturated rings. The summed E-state index contributed by atoms with van der Waals surface area (Å²) in [5.41, 5.74) is 0.695. The van der Waals surface area contributed by atoms with E-state index < -0.39 is 0 Å². The summed E-state index contributed by atoms with van der Waals surface area (Å²) in [6.07, 6.45) is 0.878. The Morgan fingerprint density at radius 2 is 2.18 bits per heavy atom. The normalized spacial score (nSPS) is 11.6. The number of hydrogen-bond donors (Lipinski definition) is 1. The molecule has 0 unspecified atom stereocenters. The lowest BCUT2D eigenvalue weighted by Crippen LogP contribution is -2.34. The predicted octanol–water partition coefficient (Wildman–Crippen LogP) is 4.66. The Morgan fingerprint density at radius 1 is 1.53 bits per heavy atom. The highest BCUT2D eigenvalue weighted by molar-refractivity contribution is 9.12. The molecular weight excluding hydrogens is 389 g/mol. The van der Waals surface area contributed by atoms with E-state index >= 15 is 0 Å². The van der Waals surface area contributed by atoms with Crippen molar-refractivity contribution in [3.05, 3.63) is 19.2 Å². The van der Waals surface area contributed by atoms with E-state index in [0.29, 0.717) is 18.0 Å². The van der Waals surface area contributed by atoms with Crippen molar-refractivity contribution < 1.29 is 4.79 Å². The Bertz CT molecular complexity index is 406. The minimum absolute atomic E-state index is 0.0249. The lowest BCUT2D eigenvalue weighted by molar-refractivity contribution is 0.0935. The van der Waals surface area contributed by atoms with E-state index in [4.69, 9.17) is 11.6 Å². The van der Waals surface area contributed by atoms with Gasteiger partial charge in [0.05, 0.1) is 13.1 Å². The molecule has 0 saturated carbocycles. The quantitative estimate of drug-likeness (QED) is 0.712. The van der Waals surface area contributed by atoms with E-state index in [1.54, 1.807) is 0 Å². The van der Waals surface area contributed by atoms with Crippen LogP contribution in [0.25, 0.3) is 0 Å². The first-order valence-corrected chi connectivity index (χ1v) is 8.08. The van der Waals surface area contributed by atoms with E-state index in [-0.39, 0.29) is 11.3 Å². The topological polar surface area (TPSA) is 29.1 Å². The summed E-state index contributed by atoms with van der Waals surface area (Å²) >= 11 is 13.9. The first-order valence-electron chi connectivity index (χ1n) is 5.15. The summed E-state index contributed by atoms with van der Waals surface area (Å²) in [4.78, 5) is 11.9. The molecule has 96 valence electrons. The van der Waals surface area contributed by atoms with Gasteiger partial charge in [-0.25, -0.2) is 0 Å². The molecule has 0 aliphatic carbocycles. The summed E-state index contributed by atoms with van der Waals surface area (Å²) < 4.78 is 1.78. The molecule has 1 aromatic heterocycles. The van der Waals surface area contributed by atoms with Gasteiger partial charge in [0.2, 0.25) is 0 Å². The SMILES string of the molecule is CC(C)(CCCl)CNC(=O)c1cc(Br)sc1Br. The minimum atomic E-state index is -0.0542. The number of alkyl halides is 1. The molecule has 17 heavy (non-hydrogen) atoms. The van der Waals surface area contributed by atoms with Crippen molar-refractivity contribution in [1.82, 2.24) is 5.32 Å². The molecule has 1 heterocycles. The zero-order valence-corrected chi connectivity index (χ0v) is 14.4. The molecule has 1 aromatic rings. The highest BCUT2D eigenvalue weighted by Gasteiger charge is 2.20. The van der Waals surface area contributed by atoms with Crippen molar-refractivity contribution >= 4 is 60.7 Å². The highest BCUT2D eigenvalue weighted by Crippen LogP contribution is 2.31. The molecule has 1 amide bonds. The maximum atomic E-state index is 11.9. The fourth-order valence-electron chi connectivity index (χ4n) is 1.25. The van der Waals surface area contributed by atoms with Crippen LogP contribution in [0.3, 0.4) is 0 Å². The molecule has 1 rings (SSSR count). The van der Waals surface area contributed by atoms with Crippen molar-refractivity contribution in [2.45, 2.75) is 20.3 Å². The number of hydrogen-bond acceptors (Lipinski definition) is 2. The van der Waals surface area contributed by atoms with Gasteiger partial charge in [-0.1, -0.05) is 13.8 Å². The van der Waals surface area contributed by atoms with Crippen molar-refractivity contribution in [2.75, 3.05) is 12.4 Å². The molecule has 0 atom stereocenters. The van der Waals surface area contributed by atoms with Crippen LogP contribution in [0.15, 0.2) is 13.6 Å². The average molecular weight is 404 g/mol. The van der Waals surface area contributed by atoms with Crippen LogP contribution in [-0.2, 0) is 0 Å². The standard InChI is InChI=1S/C11H14Br2ClNOS/c1-11(2,3-4-14)6-15-10(16)7-5-8(12)17-9(7)13/h5H,3-4,6H2,1-2H3,(H,15,16). The zero-order valence-electron chi connectivity index (χ0n) is 9.65. The molecule has 0 saturated heterocycles. The Balaban J connectivity index is 2.59. The Hall–Kier alpha value is 0.420. The third-order valence-corrected chi connectivity index (χ3v) is 4.93. The summed E-state index contributed by atoms with van der Waals surface area (Å²) in [5, 5.41) is 2.94. The zero-order chi connectivity index (χ0) is 13.1. The van der Waals surface area contributed by atoms with E-state index in [1.807, 2.05) is 6.07 Å². The van der Waals surface area contributed by atoms with Gasteiger partial charge in [-0.2, -0.15) is 0 Å². The first kappa shape index (κ1) is 15.5. The predicted molar refractivity (Wildman–Crippen MR) is 81.2 cm³/mol. The van der Waals surface area contributed by atoms with Gasteiger partial charge in [-0.3, -0.25) is 4.79 Å². The first-order chi connectivity index (χ1) is 7.85. The van der Waals surface area contributed by atoms with Crippen LogP contribution in [0.1, 0.15) is 30.6 Å². The number of thiophene rings is 1. The van der Waals surface area contributed by atoms with Crippen LogP contribution < -0.4 is 5.32 Å². The van der Waals surface area contributed by atoms with E-state index in [2.05, 4.69) is 51.0 Å². The van der Waals surface area contributed by atoms with Gasteiger partial charge in [0.1, 0.15) is 0 Å². The van der Waals surface area contributed by atoms with Crippen LogP contribution in [0, 0.1) is 5.41 Å². The molecule has 0 spiro atoms. The van der Waals surface area contributed by atoms with Crippen LogP contribution in [0.2, 0.25) is 0 Å². The third-order valence-electron chi connectivity index (χ3n) is 2.40. The van der Waals surface area contributed by atoms with Gasteiger partial charge in [0.25, 0.3) is 5.91 Å². The third kappa shape index (κ3) is 4.89. The van der Waals surface area contributed by atoms with Gasteiger partial charge >= 0.3 is 0 Å². The van der Waals surface area contributed by atoms with E-state index in [0.717, 1.165) is 14.0 Å². The summed E-state index contributed by atoms with van der Waals surface area (Å²) in [5.74, 6) is 0.554. The number of amides is 1. The number of nitrogens with one attached hydrogen (secondary N) is 1. The molecule has 6 heteroatoms. The van der Waals surface area contributed by atoms with Crippen molar-refractivity contribution in [3.63, 3.8) is 0 Å². The molecule has 1 N–H and O–H groups in total. The lowest BCUT2D eigenvalue weighted by Gasteiger charge is -2.23. The van der Waals surface area contributed by atoms with Crippen molar-refractivity contribution in [2.24, 2.45) is 5.41 Å². The molecule has 0 bridgehead atoms. The number of rotatable bonds is 5. The number of carbonyl (C=O) groups excluding carboxylic acids is 1. The average Bonchev–Trinajstić information content (AvgIpc) is 2.54. The molecule has 0 radical (unpaired) electrons. The monoisotopic (exact) mass is 401 g/mol. The fraction of sp³-hybridized carbons (Fsp3) is 0.545. The molecule has 2 nitrogen and oxygen atoms in total. The maximum absolute atomic E-state index is 11.9. The van der Waals surface area contributed by atoms with Crippen LogP contribution in [-0.4, -0.2) is 18.3 Å². The van der Waals surface area contributed by atoms with Crippen LogP contribution >= 0.6 is 54.8 Å². The van der Waals surface area contributed by atoms with Gasteiger partial charge < -0.3 is 5.32 Å². The minimum Gasteiger partial charge on any atom is -0.351 e.